The molecule has 0 fully saturated rings. The Hall–Kier alpha value is -0.280. The summed E-state index contributed by atoms with van der Waals surface area (Å²) in [5, 5.41) is 0. The van der Waals surface area contributed by atoms with Gasteiger partial charge in [0.25, 0.3) is 0 Å². The van der Waals surface area contributed by atoms with E-state index in [0.29, 0.717) is 18.9 Å². The lowest BCUT2D eigenvalue weighted by molar-refractivity contribution is -0.870. The van der Waals surface area contributed by atoms with Crippen LogP contribution in [0.15, 0.2) is 0 Å². The van der Waals surface area contributed by atoms with E-state index in [1.165, 1.54) is 0 Å². The fourth-order valence-corrected chi connectivity index (χ4v) is 0.826. The van der Waals surface area contributed by atoms with Gasteiger partial charge in [-0.15, -0.1) is 0 Å². The second-order valence-corrected chi connectivity index (χ2v) is 4.83. The standard InChI is InChI=1S/C10H22NO2.ClH/c1-9(2)8-10(12)13-7-6-11(3,4)5;/h9H,6-8H2,1-5H3;1H/q+1;/p-1. The third-order valence-electron chi connectivity index (χ3n) is 1.60. The number of esters is 1. The molecule has 0 N–H and O–H groups in total. The molecule has 0 aliphatic heterocycles. The van der Waals surface area contributed by atoms with Gasteiger partial charge < -0.3 is 21.6 Å². The highest BCUT2D eigenvalue weighted by atomic mass is 35.5. The number of carbonyl (C=O) groups excluding carboxylic acids is 1. The smallest absolute Gasteiger partial charge is 0.306 e. The molecular formula is C10H22ClNO2. The molecule has 0 unspecified atom stereocenters. The summed E-state index contributed by atoms with van der Waals surface area (Å²) >= 11 is 0. The van der Waals surface area contributed by atoms with Crippen molar-refractivity contribution in [2.75, 3.05) is 34.3 Å². The summed E-state index contributed by atoms with van der Waals surface area (Å²) in [6.07, 6.45) is 0.525. The third kappa shape index (κ3) is 11.7. The van der Waals surface area contributed by atoms with Crippen molar-refractivity contribution in [1.82, 2.24) is 0 Å². The van der Waals surface area contributed by atoms with Crippen LogP contribution in [0, 0.1) is 5.92 Å². The fourth-order valence-electron chi connectivity index (χ4n) is 0.826. The number of quaternary nitrogens is 1. The summed E-state index contributed by atoms with van der Waals surface area (Å²) in [5.74, 6) is 0.306. The van der Waals surface area contributed by atoms with Gasteiger partial charge in [-0.05, 0) is 5.92 Å². The van der Waals surface area contributed by atoms with Crippen molar-refractivity contribution in [3.05, 3.63) is 0 Å². The number of carbonyl (C=O) groups is 1. The zero-order valence-electron chi connectivity index (χ0n) is 9.84. The van der Waals surface area contributed by atoms with Crippen LogP contribution in [-0.4, -0.2) is 44.7 Å². The first-order valence-electron chi connectivity index (χ1n) is 4.77. The molecule has 0 bridgehead atoms. The maximum atomic E-state index is 11.1. The second kappa shape index (κ2) is 7.07. The minimum Gasteiger partial charge on any atom is -1.00 e. The Morgan fingerprint density at radius 1 is 1.29 bits per heavy atom. The Balaban J connectivity index is 0. The molecule has 0 aliphatic carbocycles. The Labute approximate surface area is 93.4 Å². The minimum atomic E-state index is -0.0801. The molecular weight excluding hydrogens is 202 g/mol. The monoisotopic (exact) mass is 223 g/mol. The van der Waals surface area contributed by atoms with E-state index in [2.05, 4.69) is 21.1 Å². The average Bonchev–Trinajstić information content (AvgIpc) is 1.81. The van der Waals surface area contributed by atoms with Crippen LogP contribution in [-0.2, 0) is 9.53 Å². The summed E-state index contributed by atoms with van der Waals surface area (Å²) in [4.78, 5) is 11.1. The van der Waals surface area contributed by atoms with E-state index in [1.807, 2.05) is 13.8 Å². The van der Waals surface area contributed by atoms with Crippen molar-refractivity contribution in [3.63, 3.8) is 0 Å². The van der Waals surface area contributed by atoms with Crippen molar-refractivity contribution in [2.24, 2.45) is 5.92 Å². The molecule has 0 saturated carbocycles. The van der Waals surface area contributed by atoms with Crippen molar-refractivity contribution >= 4 is 5.97 Å². The van der Waals surface area contributed by atoms with E-state index in [1.54, 1.807) is 0 Å². The van der Waals surface area contributed by atoms with Crippen LogP contribution in [0.3, 0.4) is 0 Å². The summed E-state index contributed by atoms with van der Waals surface area (Å²) < 4.78 is 5.90. The number of rotatable bonds is 5. The molecule has 3 nitrogen and oxygen atoms in total. The van der Waals surface area contributed by atoms with Gasteiger partial charge in [-0.2, -0.15) is 0 Å². The molecule has 4 heteroatoms. The summed E-state index contributed by atoms with van der Waals surface area (Å²) in [6, 6.07) is 0. The Morgan fingerprint density at radius 2 is 1.79 bits per heavy atom. The van der Waals surface area contributed by atoms with Crippen LogP contribution in [0.5, 0.6) is 0 Å². The van der Waals surface area contributed by atoms with E-state index in [4.69, 9.17) is 4.74 Å². The summed E-state index contributed by atoms with van der Waals surface area (Å²) in [6.45, 7) is 5.42. The van der Waals surface area contributed by atoms with Gasteiger partial charge in [0.1, 0.15) is 13.2 Å². The van der Waals surface area contributed by atoms with E-state index in [-0.39, 0.29) is 18.4 Å². The number of hydrogen-bond acceptors (Lipinski definition) is 2. The number of halogens is 1. The zero-order chi connectivity index (χ0) is 10.5. The molecule has 0 aliphatic rings. The Morgan fingerprint density at radius 3 is 2.14 bits per heavy atom. The van der Waals surface area contributed by atoms with Crippen LogP contribution >= 0.6 is 0 Å². The first-order valence-corrected chi connectivity index (χ1v) is 4.77. The van der Waals surface area contributed by atoms with Crippen molar-refractivity contribution in [1.29, 1.82) is 0 Å². The zero-order valence-corrected chi connectivity index (χ0v) is 10.6. The van der Waals surface area contributed by atoms with Gasteiger partial charge >= 0.3 is 5.97 Å². The van der Waals surface area contributed by atoms with Gasteiger partial charge in [0.2, 0.25) is 0 Å². The van der Waals surface area contributed by atoms with Crippen LogP contribution in [0.4, 0.5) is 0 Å². The maximum absolute atomic E-state index is 11.1. The quantitative estimate of drug-likeness (QED) is 0.410. The highest BCUT2D eigenvalue weighted by Crippen LogP contribution is 2.01. The lowest BCUT2D eigenvalue weighted by atomic mass is 10.1. The SMILES string of the molecule is CC(C)CC(=O)OCC[N+](C)(C)C.[Cl-]. The normalized spacial score (nSPS) is 11.0. The second-order valence-electron chi connectivity index (χ2n) is 4.83. The first kappa shape index (κ1) is 16.2. The molecule has 0 radical (unpaired) electrons. The van der Waals surface area contributed by atoms with Crippen LogP contribution in [0.1, 0.15) is 20.3 Å². The van der Waals surface area contributed by atoms with Crippen molar-refractivity contribution in [3.8, 4) is 0 Å². The predicted molar refractivity (Wildman–Crippen MR) is 53.3 cm³/mol. The van der Waals surface area contributed by atoms with Gasteiger partial charge in [-0.3, -0.25) is 4.79 Å². The maximum Gasteiger partial charge on any atom is 0.306 e. The Bertz CT molecular complexity index is 164. The molecule has 0 rings (SSSR count). The highest BCUT2D eigenvalue weighted by molar-refractivity contribution is 5.69. The van der Waals surface area contributed by atoms with Gasteiger partial charge in [-0.25, -0.2) is 0 Å². The molecule has 0 spiro atoms. The fraction of sp³-hybridized carbons (Fsp3) is 0.900. The molecule has 0 heterocycles. The van der Waals surface area contributed by atoms with Crippen molar-refractivity contribution < 1.29 is 26.4 Å². The number of ether oxygens (including phenoxy) is 1. The van der Waals surface area contributed by atoms with E-state index < -0.39 is 0 Å². The van der Waals surface area contributed by atoms with Crippen LogP contribution < -0.4 is 12.4 Å². The number of likely N-dealkylation sites (N-methyl/N-ethyl adjacent to an activating group) is 1. The molecule has 0 amide bonds. The predicted octanol–water partition coefficient (Wildman–Crippen LogP) is -1.71. The van der Waals surface area contributed by atoms with Crippen molar-refractivity contribution in [2.45, 2.75) is 20.3 Å². The highest BCUT2D eigenvalue weighted by Gasteiger charge is 2.10. The summed E-state index contributed by atoms with van der Waals surface area (Å²) in [5.41, 5.74) is 0. The molecule has 0 aromatic carbocycles. The summed E-state index contributed by atoms with van der Waals surface area (Å²) in [7, 11) is 6.24. The topological polar surface area (TPSA) is 26.3 Å². The lowest BCUT2D eigenvalue weighted by Gasteiger charge is -2.23. The third-order valence-corrected chi connectivity index (χ3v) is 1.60. The number of nitrogens with zero attached hydrogens (tertiary/aromatic N) is 1. The van der Waals surface area contributed by atoms with Crippen LogP contribution in [0.2, 0.25) is 0 Å². The molecule has 0 aromatic rings. The van der Waals surface area contributed by atoms with Gasteiger partial charge in [0, 0.05) is 6.42 Å². The Kier molecular flexibility index (Phi) is 8.16. The van der Waals surface area contributed by atoms with Gasteiger partial charge in [0.15, 0.2) is 0 Å². The average molecular weight is 224 g/mol. The van der Waals surface area contributed by atoms with Gasteiger partial charge in [-0.1, -0.05) is 13.8 Å². The largest absolute Gasteiger partial charge is 1.00 e. The first-order chi connectivity index (χ1) is 5.81. The number of hydrogen-bond donors (Lipinski definition) is 0. The van der Waals surface area contributed by atoms with E-state index in [9.17, 15) is 4.79 Å². The molecule has 0 atom stereocenters. The van der Waals surface area contributed by atoms with E-state index >= 15 is 0 Å². The van der Waals surface area contributed by atoms with Gasteiger partial charge in [0.05, 0.1) is 21.1 Å². The molecule has 14 heavy (non-hydrogen) atoms. The molecule has 0 saturated heterocycles. The minimum absolute atomic E-state index is 0. The molecule has 0 aromatic heterocycles. The van der Waals surface area contributed by atoms with E-state index in [0.717, 1.165) is 11.0 Å². The lowest BCUT2D eigenvalue weighted by Crippen LogP contribution is -3.00. The molecule has 86 valence electrons. The van der Waals surface area contributed by atoms with Crippen LogP contribution in [0.25, 0.3) is 0 Å².